The molecule has 1 rings (SSSR count). The number of hydrogen-bond acceptors (Lipinski definition) is 2. The quantitative estimate of drug-likeness (QED) is 0.759. The Kier molecular flexibility index (Phi) is 5.26. The molecule has 3 atom stereocenters. The van der Waals surface area contributed by atoms with E-state index in [1.54, 1.807) is 0 Å². The highest BCUT2D eigenvalue weighted by molar-refractivity contribution is 4.92. The van der Waals surface area contributed by atoms with E-state index >= 15 is 0 Å². The molecule has 0 aromatic carbocycles. The van der Waals surface area contributed by atoms with Gasteiger partial charge >= 0.3 is 0 Å². The third-order valence-electron chi connectivity index (χ3n) is 4.67. The molecule has 16 heavy (non-hydrogen) atoms. The average Bonchev–Trinajstić information content (AvgIpc) is 2.36. The Morgan fingerprint density at radius 3 is 2.19 bits per heavy atom. The molecule has 0 aromatic heterocycles. The van der Waals surface area contributed by atoms with Crippen molar-refractivity contribution in [1.29, 1.82) is 0 Å². The maximum atomic E-state index is 10.4. The van der Waals surface area contributed by atoms with Gasteiger partial charge in [0.1, 0.15) is 0 Å². The van der Waals surface area contributed by atoms with Crippen LogP contribution in [0.1, 0.15) is 65.7 Å². The van der Waals surface area contributed by atoms with Crippen molar-refractivity contribution in [3.63, 3.8) is 0 Å². The van der Waals surface area contributed by atoms with Gasteiger partial charge in [0.2, 0.25) is 0 Å². The molecule has 1 aliphatic rings. The number of aliphatic hydroxyl groups is 2. The summed E-state index contributed by atoms with van der Waals surface area (Å²) in [6.07, 6.45) is 6.71. The van der Waals surface area contributed by atoms with Gasteiger partial charge in [0.25, 0.3) is 0 Å². The lowest BCUT2D eigenvalue weighted by Crippen LogP contribution is -2.48. The molecule has 0 aliphatic heterocycles. The summed E-state index contributed by atoms with van der Waals surface area (Å²) in [7, 11) is 0. The topological polar surface area (TPSA) is 40.5 Å². The minimum absolute atomic E-state index is 0.309. The van der Waals surface area contributed by atoms with Crippen molar-refractivity contribution in [2.75, 3.05) is 0 Å². The molecule has 0 amide bonds. The van der Waals surface area contributed by atoms with E-state index in [9.17, 15) is 10.2 Å². The van der Waals surface area contributed by atoms with Crippen LogP contribution in [0.5, 0.6) is 0 Å². The van der Waals surface area contributed by atoms with Crippen LogP contribution in [0, 0.1) is 11.8 Å². The van der Waals surface area contributed by atoms with E-state index in [0.29, 0.717) is 24.7 Å². The van der Waals surface area contributed by atoms with Crippen molar-refractivity contribution in [2.24, 2.45) is 11.8 Å². The van der Waals surface area contributed by atoms with Gasteiger partial charge in [-0.15, -0.1) is 0 Å². The van der Waals surface area contributed by atoms with Crippen LogP contribution in [0.3, 0.4) is 0 Å². The Bertz CT molecular complexity index is 199. The van der Waals surface area contributed by atoms with Crippen molar-refractivity contribution in [2.45, 2.75) is 77.4 Å². The van der Waals surface area contributed by atoms with Crippen LogP contribution in [0.4, 0.5) is 0 Å². The molecule has 0 aromatic rings. The van der Waals surface area contributed by atoms with Gasteiger partial charge in [-0.05, 0) is 31.1 Å². The number of aliphatic hydroxyl groups excluding tert-OH is 1. The second-order valence-electron chi connectivity index (χ2n) is 5.37. The molecule has 0 radical (unpaired) electrons. The normalized spacial score (nSPS) is 29.1. The molecule has 0 spiro atoms. The molecular formula is C14H28O2. The molecule has 3 unspecified atom stereocenters. The van der Waals surface area contributed by atoms with E-state index < -0.39 is 11.7 Å². The molecule has 0 saturated heterocycles. The molecule has 0 bridgehead atoms. The van der Waals surface area contributed by atoms with Crippen LogP contribution in [-0.2, 0) is 0 Å². The zero-order valence-electron chi connectivity index (χ0n) is 11.1. The van der Waals surface area contributed by atoms with Crippen LogP contribution in [0.2, 0.25) is 0 Å². The van der Waals surface area contributed by atoms with E-state index in [1.165, 1.54) is 19.3 Å². The lowest BCUT2D eigenvalue weighted by molar-refractivity contribution is -0.122. The summed E-state index contributed by atoms with van der Waals surface area (Å²) in [4.78, 5) is 0. The van der Waals surface area contributed by atoms with Gasteiger partial charge in [-0.3, -0.25) is 0 Å². The van der Waals surface area contributed by atoms with Crippen molar-refractivity contribution >= 4 is 0 Å². The van der Waals surface area contributed by atoms with E-state index in [2.05, 4.69) is 6.92 Å². The Morgan fingerprint density at radius 2 is 1.69 bits per heavy atom. The van der Waals surface area contributed by atoms with E-state index in [4.69, 9.17) is 0 Å². The van der Waals surface area contributed by atoms with Gasteiger partial charge in [-0.2, -0.15) is 0 Å². The van der Waals surface area contributed by atoms with E-state index in [1.807, 2.05) is 13.8 Å². The summed E-state index contributed by atoms with van der Waals surface area (Å²) in [5.74, 6) is 0.914. The Balaban J connectivity index is 2.73. The lowest BCUT2D eigenvalue weighted by atomic mass is 9.70. The SMILES string of the molecule is CCC1CCCCC1C(O)C(O)(CC)CC. The standard InChI is InChI=1S/C14H28O2/c1-4-11-9-7-8-10-12(11)13(15)14(16,5-2)6-3/h11-13,15-16H,4-10H2,1-3H3. The first-order valence-electron chi connectivity index (χ1n) is 6.99. The largest absolute Gasteiger partial charge is 0.390 e. The molecule has 2 heteroatoms. The molecule has 96 valence electrons. The summed E-state index contributed by atoms with van der Waals surface area (Å²) in [6, 6.07) is 0. The average molecular weight is 228 g/mol. The zero-order chi connectivity index (χ0) is 12.2. The number of rotatable bonds is 5. The Labute approximate surface area is 100 Å². The van der Waals surface area contributed by atoms with Crippen LogP contribution in [-0.4, -0.2) is 21.9 Å². The molecule has 1 aliphatic carbocycles. The monoisotopic (exact) mass is 228 g/mol. The highest BCUT2D eigenvalue weighted by Gasteiger charge is 2.40. The summed E-state index contributed by atoms with van der Waals surface area (Å²) in [5, 5.41) is 20.9. The summed E-state index contributed by atoms with van der Waals surface area (Å²) in [5.41, 5.74) is -0.866. The van der Waals surface area contributed by atoms with Crippen LogP contribution < -0.4 is 0 Å². The van der Waals surface area contributed by atoms with Crippen molar-refractivity contribution in [1.82, 2.24) is 0 Å². The fourth-order valence-electron chi connectivity index (χ4n) is 3.23. The second kappa shape index (κ2) is 6.02. The Hall–Kier alpha value is -0.0800. The predicted molar refractivity (Wildman–Crippen MR) is 67.3 cm³/mol. The summed E-state index contributed by atoms with van der Waals surface area (Å²) >= 11 is 0. The number of hydrogen-bond donors (Lipinski definition) is 2. The van der Waals surface area contributed by atoms with Crippen molar-refractivity contribution in [3.8, 4) is 0 Å². The molecule has 0 heterocycles. The van der Waals surface area contributed by atoms with Gasteiger partial charge in [-0.1, -0.05) is 46.5 Å². The minimum Gasteiger partial charge on any atom is -0.390 e. The Morgan fingerprint density at radius 1 is 1.12 bits per heavy atom. The van der Waals surface area contributed by atoms with Gasteiger partial charge in [0, 0.05) is 0 Å². The van der Waals surface area contributed by atoms with Gasteiger partial charge in [0.15, 0.2) is 0 Å². The molecule has 1 saturated carbocycles. The third kappa shape index (κ3) is 2.78. The molecule has 2 N–H and O–H groups in total. The van der Waals surface area contributed by atoms with Gasteiger partial charge in [-0.25, -0.2) is 0 Å². The highest BCUT2D eigenvalue weighted by Crippen LogP contribution is 2.39. The van der Waals surface area contributed by atoms with Crippen LogP contribution in [0.15, 0.2) is 0 Å². The molecular weight excluding hydrogens is 200 g/mol. The first kappa shape index (κ1) is 14.0. The fraction of sp³-hybridized carbons (Fsp3) is 1.00. The van der Waals surface area contributed by atoms with Crippen LogP contribution in [0.25, 0.3) is 0 Å². The minimum atomic E-state index is -0.866. The predicted octanol–water partition coefficient (Wildman–Crippen LogP) is 3.11. The third-order valence-corrected chi connectivity index (χ3v) is 4.67. The zero-order valence-corrected chi connectivity index (χ0v) is 11.1. The lowest BCUT2D eigenvalue weighted by Gasteiger charge is -2.41. The van der Waals surface area contributed by atoms with E-state index in [-0.39, 0.29) is 0 Å². The fourth-order valence-corrected chi connectivity index (χ4v) is 3.23. The maximum Gasteiger partial charge on any atom is 0.0903 e. The second-order valence-corrected chi connectivity index (χ2v) is 5.37. The molecule has 2 nitrogen and oxygen atoms in total. The smallest absolute Gasteiger partial charge is 0.0903 e. The molecule has 1 fully saturated rings. The van der Waals surface area contributed by atoms with E-state index in [0.717, 1.165) is 12.8 Å². The van der Waals surface area contributed by atoms with Gasteiger partial charge in [0.05, 0.1) is 11.7 Å². The first-order chi connectivity index (χ1) is 7.59. The highest BCUT2D eigenvalue weighted by atomic mass is 16.3. The summed E-state index contributed by atoms with van der Waals surface area (Å²) in [6.45, 7) is 6.14. The van der Waals surface area contributed by atoms with Gasteiger partial charge < -0.3 is 10.2 Å². The summed E-state index contributed by atoms with van der Waals surface area (Å²) < 4.78 is 0. The first-order valence-corrected chi connectivity index (χ1v) is 6.99. The van der Waals surface area contributed by atoms with Crippen molar-refractivity contribution in [3.05, 3.63) is 0 Å². The van der Waals surface area contributed by atoms with Crippen molar-refractivity contribution < 1.29 is 10.2 Å². The maximum absolute atomic E-state index is 10.4. The van der Waals surface area contributed by atoms with Crippen LogP contribution >= 0.6 is 0 Å².